The van der Waals surface area contributed by atoms with Crippen LogP contribution in [0.5, 0.6) is 0 Å². The summed E-state index contributed by atoms with van der Waals surface area (Å²) in [5, 5.41) is 8.87. The van der Waals surface area contributed by atoms with Crippen LogP contribution >= 0.6 is 0 Å². The van der Waals surface area contributed by atoms with E-state index >= 15 is 0 Å². The second kappa shape index (κ2) is 5.85. The highest BCUT2D eigenvalue weighted by molar-refractivity contribution is 7.89. The van der Waals surface area contributed by atoms with Gasteiger partial charge in [-0.1, -0.05) is 36.4 Å². The molecule has 0 amide bonds. The number of aromatic carboxylic acids is 1. The van der Waals surface area contributed by atoms with Gasteiger partial charge >= 0.3 is 5.97 Å². The third kappa shape index (κ3) is 3.43. The fourth-order valence-electron chi connectivity index (χ4n) is 1.65. The van der Waals surface area contributed by atoms with Crippen LogP contribution in [0.3, 0.4) is 0 Å². The van der Waals surface area contributed by atoms with Gasteiger partial charge in [-0.05, 0) is 23.8 Å². The summed E-state index contributed by atoms with van der Waals surface area (Å²) < 4.78 is 26.6. The maximum atomic E-state index is 12.1. The van der Waals surface area contributed by atoms with Crippen LogP contribution in [0.2, 0.25) is 0 Å². The van der Waals surface area contributed by atoms with Crippen molar-refractivity contribution in [2.45, 2.75) is 11.4 Å². The Bertz CT molecular complexity index is 711. The average Bonchev–Trinajstić information content (AvgIpc) is 2.46. The van der Waals surface area contributed by atoms with E-state index in [4.69, 9.17) is 5.11 Å². The van der Waals surface area contributed by atoms with Crippen molar-refractivity contribution < 1.29 is 18.3 Å². The lowest BCUT2D eigenvalue weighted by atomic mass is 10.2. The molecule has 0 saturated carbocycles. The van der Waals surface area contributed by atoms with E-state index < -0.39 is 16.0 Å². The highest BCUT2D eigenvalue weighted by Gasteiger charge is 2.15. The fraction of sp³-hybridized carbons (Fsp3) is 0.0714. The highest BCUT2D eigenvalue weighted by Crippen LogP contribution is 2.12. The third-order valence-electron chi connectivity index (χ3n) is 2.70. The van der Waals surface area contributed by atoms with Crippen LogP contribution in [0.25, 0.3) is 0 Å². The Balaban J connectivity index is 2.18. The number of sulfonamides is 1. The van der Waals surface area contributed by atoms with Crippen molar-refractivity contribution >= 4 is 16.0 Å². The van der Waals surface area contributed by atoms with Gasteiger partial charge in [-0.2, -0.15) is 0 Å². The van der Waals surface area contributed by atoms with Crippen LogP contribution in [0.1, 0.15) is 15.9 Å². The van der Waals surface area contributed by atoms with Crippen molar-refractivity contribution in [3.8, 4) is 0 Å². The summed E-state index contributed by atoms with van der Waals surface area (Å²) in [5.41, 5.74) is 0.762. The van der Waals surface area contributed by atoms with Crippen LogP contribution in [0, 0.1) is 0 Å². The molecule has 5 nitrogen and oxygen atoms in total. The van der Waals surface area contributed by atoms with E-state index in [-0.39, 0.29) is 17.0 Å². The van der Waals surface area contributed by atoms with Gasteiger partial charge in [0.1, 0.15) is 0 Å². The lowest BCUT2D eigenvalue weighted by Gasteiger charge is -2.07. The van der Waals surface area contributed by atoms with Crippen molar-refractivity contribution in [2.75, 3.05) is 0 Å². The molecular formula is C14H13NO4S. The van der Waals surface area contributed by atoms with Crippen LogP contribution in [0.4, 0.5) is 0 Å². The van der Waals surface area contributed by atoms with Crippen molar-refractivity contribution in [1.29, 1.82) is 0 Å². The van der Waals surface area contributed by atoms with Crippen molar-refractivity contribution in [3.63, 3.8) is 0 Å². The molecule has 0 radical (unpaired) electrons. The van der Waals surface area contributed by atoms with Gasteiger partial charge in [-0.3, -0.25) is 0 Å². The Kier molecular flexibility index (Phi) is 4.16. The van der Waals surface area contributed by atoms with Crippen LogP contribution in [0.15, 0.2) is 59.5 Å². The monoisotopic (exact) mass is 291 g/mol. The second-order valence-electron chi connectivity index (χ2n) is 4.14. The van der Waals surface area contributed by atoms with Gasteiger partial charge in [0.2, 0.25) is 10.0 Å². The third-order valence-corrected chi connectivity index (χ3v) is 4.10. The molecule has 0 heterocycles. The molecule has 0 bridgehead atoms. The Morgan fingerprint density at radius 1 is 1.05 bits per heavy atom. The summed E-state index contributed by atoms with van der Waals surface area (Å²) in [7, 11) is -3.73. The van der Waals surface area contributed by atoms with Gasteiger partial charge in [0.25, 0.3) is 0 Å². The first-order valence-corrected chi connectivity index (χ1v) is 7.34. The minimum absolute atomic E-state index is 0.0617. The maximum absolute atomic E-state index is 12.1. The fourth-order valence-corrected chi connectivity index (χ4v) is 2.72. The summed E-state index contributed by atoms with van der Waals surface area (Å²) in [6.07, 6.45) is 0. The molecule has 2 N–H and O–H groups in total. The standard InChI is InChI=1S/C14H13NO4S/c16-14(17)12-7-4-8-13(9-12)20(18,19)15-10-11-5-2-1-3-6-11/h1-9,15H,10H2,(H,16,17). The first-order valence-electron chi connectivity index (χ1n) is 5.86. The van der Waals surface area contributed by atoms with Crippen LogP contribution in [-0.4, -0.2) is 19.5 Å². The van der Waals surface area contributed by atoms with Gasteiger partial charge in [-0.15, -0.1) is 0 Å². The van der Waals surface area contributed by atoms with Crippen molar-refractivity contribution in [2.24, 2.45) is 0 Å². The molecule has 6 heteroatoms. The average molecular weight is 291 g/mol. The SMILES string of the molecule is O=C(O)c1cccc(S(=O)(=O)NCc2ccccc2)c1. The number of rotatable bonds is 5. The van der Waals surface area contributed by atoms with Crippen molar-refractivity contribution in [3.05, 3.63) is 65.7 Å². The zero-order valence-corrected chi connectivity index (χ0v) is 11.3. The lowest BCUT2D eigenvalue weighted by Crippen LogP contribution is -2.23. The van der Waals surface area contributed by atoms with E-state index in [1.807, 2.05) is 18.2 Å². The molecule has 0 atom stereocenters. The zero-order chi connectivity index (χ0) is 14.6. The minimum atomic E-state index is -3.73. The second-order valence-corrected chi connectivity index (χ2v) is 5.91. The molecule has 0 aliphatic carbocycles. The van der Waals surface area contributed by atoms with Crippen LogP contribution < -0.4 is 4.72 Å². The van der Waals surface area contributed by atoms with E-state index in [1.54, 1.807) is 12.1 Å². The molecule has 0 spiro atoms. The largest absolute Gasteiger partial charge is 0.478 e. The Morgan fingerprint density at radius 2 is 1.75 bits per heavy atom. The van der Waals surface area contributed by atoms with E-state index in [0.29, 0.717) is 0 Å². The summed E-state index contributed by atoms with van der Waals surface area (Å²) >= 11 is 0. The quantitative estimate of drug-likeness (QED) is 0.880. The molecule has 0 saturated heterocycles. The first kappa shape index (κ1) is 14.2. The zero-order valence-electron chi connectivity index (χ0n) is 10.5. The molecular weight excluding hydrogens is 278 g/mol. The minimum Gasteiger partial charge on any atom is -0.478 e. The molecule has 2 rings (SSSR count). The van der Waals surface area contributed by atoms with E-state index in [9.17, 15) is 13.2 Å². The predicted octanol–water partition coefficient (Wildman–Crippen LogP) is 1.86. The molecule has 104 valence electrons. The number of carboxylic acid groups (broad SMARTS) is 1. The van der Waals surface area contributed by atoms with Gasteiger partial charge in [0, 0.05) is 6.54 Å². The topological polar surface area (TPSA) is 83.5 Å². The van der Waals surface area contributed by atoms with E-state index in [2.05, 4.69) is 4.72 Å². The first-order chi connectivity index (χ1) is 9.49. The maximum Gasteiger partial charge on any atom is 0.335 e. The number of benzene rings is 2. The summed E-state index contributed by atoms with van der Waals surface area (Å²) in [4.78, 5) is 10.8. The molecule has 20 heavy (non-hydrogen) atoms. The molecule has 0 aliphatic heterocycles. The Labute approximate surface area is 116 Å². The number of carboxylic acids is 1. The number of hydrogen-bond donors (Lipinski definition) is 2. The van der Waals surface area contributed by atoms with E-state index in [1.165, 1.54) is 18.2 Å². The molecule has 0 unspecified atom stereocenters. The Hall–Kier alpha value is -2.18. The van der Waals surface area contributed by atoms with E-state index in [0.717, 1.165) is 11.6 Å². The number of nitrogens with one attached hydrogen (secondary N) is 1. The van der Waals surface area contributed by atoms with Gasteiger partial charge in [0.05, 0.1) is 10.5 Å². The molecule has 0 aromatic heterocycles. The molecule has 2 aromatic carbocycles. The lowest BCUT2D eigenvalue weighted by molar-refractivity contribution is 0.0696. The molecule has 2 aromatic rings. The smallest absolute Gasteiger partial charge is 0.335 e. The van der Waals surface area contributed by atoms with Gasteiger partial charge in [-0.25, -0.2) is 17.9 Å². The molecule has 0 aliphatic rings. The Morgan fingerprint density at radius 3 is 2.40 bits per heavy atom. The number of carbonyl (C=O) groups is 1. The van der Waals surface area contributed by atoms with Crippen LogP contribution in [-0.2, 0) is 16.6 Å². The van der Waals surface area contributed by atoms with Gasteiger partial charge < -0.3 is 5.11 Å². The summed E-state index contributed by atoms with van der Waals surface area (Å²) in [6.45, 7) is 0.153. The normalized spacial score (nSPS) is 11.2. The highest BCUT2D eigenvalue weighted by atomic mass is 32.2. The molecule has 0 fully saturated rings. The predicted molar refractivity (Wildman–Crippen MR) is 73.9 cm³/mol. The van der Waals surface area contributed by atoms with Crippen molar-refractivity contribution in [1.82, 2.24) is 4.72 Å². The van der Waals surface area contributed by atoms with Gasteiger partial charge in [0.15, 0.2) is 0 Å². The summed E-state index contributed by atoms with van der Waals surface area (Å²) in [6, 6.07) is 14.3. The number of hydrogen-bond acceptors (Lipinski definition) is 3. The summed E-state index contributed by atoms with van der Waals surface area (Å²) in [5.74, 6) is -1.16.